The van der Waals surface area contributed by atoms with Crippen LogP contribution in [0.4, 0.5) is 10.5 Å². The summed E-state index contributed by atoms with van der Waals surface area (Å²) in [6.45, 7) is 7.75. The summed E-state index contributed by atoms with van der Waals surface area (Å²) in [5.41, 5.74) is 2.18. The number of aryl methyl sites for hydroxylation is 1. The number of benzene rings is 2. The van der Waals surface area contributed by atoms with Crippen molar-refractivity contribution in [3.8, 4) is 5.75 Å². The molecule has 2 rings (SSSR count). The SMILES string of the molecule is Cc1cccc(CCNC(=O)c2ccc(NC(=O)OC(C)(C)C)cc2O)c1. The highest BCUT2D eigenvalue weighted by Crippen LogP contribution is 2.22. The topological polar surface area (TPSA) is 87.7 Å². The molecule has 0 bridgehead atoms. The first-order chi connectivity index (χ1) is 12.6. The molecular formula is C21H26N2O4. The molecule has 0 aliphatic carbocycles. The average molecular weight is 370 g/mol. The minimum atomic E-state index is -0.628. The van der Waals surface area contributed by atoms with Gasteiger partial charge in [-0.25, -0.2) is 4.79 Å². The Kier molecular flexibility index (Phi) is 6.45. The van der Waals surface area contributed by atoms with Gasteiger partial charge in [0, 0.05) is 18.3 Å². The van der Waals surface area contributed by atoms with Gasteiger partial charge in [0.15, 0.2) is 0 Å². The van der Waals surface area contributed by atoms with E-state index in [9.17, 15) is 14.7 Å². The maximum atomic E-state index is 12.3. The normalized spacial score (nSPS) is 11.0. The van der Waals surface area contributed by atoms with Crippen molar-refractivity contribution < 1.29 is 19.4 Å². The summed E-state index contributed by atoms with van der Waals surface area (Å²) in [5, 5.41) is 15.4. The van der Waals surface area contributed by atoms with Gasteiger partial charge in [0.05, 0.1) is 5.56 Å². The Hall–Kier alpha value is -3.02. The van der Waals surface area contributed by atoms with E-state index in [-0.39, 0.29) is 17.2 Å². The molecule has 2 aromatic carbocycles. The van der Waals surface area contributed by atoms with Gasteiger partial charge in [-0.3, -0.25) is 10.1 Å². The zero-order chi connectivity index (χ0) is 20.0. The summed E-state index contributed by atoms with van der Waals surface area (Å²) in [6.07, 6.45) is 0.0733. The van der Waals surface area contributed by atoms with Crippen molar-refractivity contribution in [2.24, 2.45) is 0 Å². The number of carbonyl (C=O) groups excluding carboxylic acids is 2. The lowest BCUT2D eigenvalue weighted by molar-refractivity contribution is 0.0635. The highest BCUT2D eigenvalue weighted by atomic mass is 16.6. The number of hydrogen-bond acceptors (Lipinski definition) is 4. The van der Waals surface area contributed by atoms with Gasteiger partial charge in [-0.2, -0.15) is 0 Å². The number of nitrogens with one attached hydrogen (secondary N) is 2. The van der Waals surface area contributed by atoms with Crippen molar-refractivity contribution in [1.29, 1.82) is 0 Å². The van der Waals surface area contributed by atoms with Crippen molar-refractivity contribution in [2.75, 3.05) is 11.9 Å². The third kappa shape index (κ3) is 6.66. The minimum absolute atomic E-state index is 0.147. The van der Waals surface area contributed by atoms with Crippen molar-refractivity contribution in [1.82, 2.24) is 5.32 Å². The number of rotatable bonds is 5. The molecule has 0 aliphatic rings. The summed E-state index contributed by atoms with van der Waals surface area (Å²) in [4.78, 5) is 24.0. The van der Waals surface area contributed by atoms with E-state index >= 15 is 0 Å². The Balaban J connectivity index is 1.92. The van der Waals surface area contributed by atoms with Crippen LogP contribution in [0.25, 0.3) is 0 Å². The Morgan fingerprint density at radius 3 is 2.48 bits per heavy atom. The smallest absolute Gasteiger partial charge is 0.412 e. The molecule has 3 N–H and O–H groups in total. The van der Waals surface area contributed by atoms with Gasteiger partial charge in [0.1, 0.15) is 11.4 Å². The van der Waals surface area contributed by atoms with Crippen LogP contribution in [0.5, 0.6) is 5.75 Å². The van der Waals surface area contributed by atoms with Crippen molar-refractivity contribution in [2.45, 2.75) is 39.7 Å². The fourth-order valence-corrected chi connectivity index (χ4v) is 2.51. The summed E-state index contributed by atoms with van der Waals surface area (Å²) >= 11 is 0. The average Bonchev–Trinajstić information content (AvgIpc) is 2.53. The molecule has 0 radical (unpaired) electrons. The van der Waals surface area contributed by atoms with Crippen LogP contribution in [-0.4, -0.2) is 29.3 Å². The highest BCUT2D eigenvalue weighted by molar-refractivity contribution is 5.98. The van der Waals surface area contributed by atoms with E-state index in [4.69, 9.17) is 4.74 Å². The number of phenolic OH excluding ortho intramolecular Hbond substituents is 1. The molecule has 0 unspecified atom stereocenters. The monoisotopic (exact) mass is 370 g/mol. The first-order valence-electron chi connectivity index (χ1n) is 8.81. The number of phenols is 1. The molecule has 6 nitrogen and oxygen atoms in total. The number of anilines is 1. The van der Waals surface area contributed by atoms with Gasteiger partial charge in [0.25, 0.3) is 5.91 Å². The molecule has 0 saturated carbocycles. The minimum Gasteiger partial charge on any atom is -0.507 e. The molecule has 144 valence electrons. The Labute approximate surface area is 159 Å². The molecule has 0 aliphatic heterocycles. The fraction of sp³-hybridized carbons (Fsp3) is 0.333. The van der Waals surface area contributed by atoms with E-state index in [2.05, 4.69) is 16.7 Å². The standard InChI is InChI=1S/C21H26N2O4/c1-14-6-5-7-15(12-14)10-11-22-19(25)17-9-8-16(13-18(17)24)23-20(26)27-21(2,3)4/h5-9,12-13,24H,10-11H2,1-4H3,(H,22,25)(H,23,26). The lowest BCUT2D eigenvalue weighted by atomic mass is 10.1. The molecule has 27 heavy (non-hydrogen) atoms. The first kappa shape index (κ1) is 20.3. The number of carbonyl (C=O) groups is 2. The quantitative estimate of drug-likeness (QED) is 0.742. The van der Waals surface area contributed by atoms with Crippen LogP contribution in [0, 0.1) is 6.92 Å². The lowest BCUT2D eigenvalue weighted by Gasteiger charge is -2.19. The molecule has 0 spiro atoms. The van der Waals surface area contributed by atoms with Crippen LogP contribution in [0.15, 0.2) is 42.5 Å². The number of amides is 2. The van der Waals surface area contributed by atoms with Crippen LogP contribution in [0.2, 0.25) is 0 Å². The summed E-state index contributed by atoms with van der Waals surface area (Å²) < 4.78 is 5.15. The van der Waals surface area contributed by atoms with Crippen LogP contribution in [0.3, 0.4) is 0 Å². The Morgan fingerprint density at radius 1 is 1.11 bits per heavy atom. The highest BCUT2D eigenvalue weighted by Gasteiger charge is 2.17. The second kappa shape index (κ2) is 8.58. The molecule has 0 atom stereocenters. The lowest BCUT2D eigenvalue weighted by Crippen LogP contribution is -2.27. The zero-order valence-electron chi connectivity index (χ0n) is 16.1. The third-order valence-electron chi connectivity index (χ3n) is 3.67. The van der Waals surface area contributed by atoms with Gasteiger partial charge in [0.2, 0.25) is 0 Å². The summed E-state index contributed by atoms with van der Waals surface area (Å²) in [6, 6.07) is 12.4. The predicted octanol–water partition coefficient (Wildman–Crippen LogP) is 4.02. The maximum absolute atomic E-state index is 12.3. The van der Waals surface area contributed by atoms with Gasteiger partial charge in [-0.15, -0.1) is 0 Å². The molecule has 0 fully saturated rings. The zero-order valence-corrected chi connectivity index (χ0v) is 16.1. The van der Waals surface area contributed by atoms with Crippen LogP contribution < -0.4 is 10.6 Å². The summed E-state index contributed by atoms with van der Waals surface area (Å²) in [7, 11) is 0. The Morgan fingerprint density at radius 2 is 1.85 bits per heavy atom. The second-order valence-corrected chi connectivity index (χ2v) is 7.35. The molecule has 0 saturated heterocycles. The maximum Gasteiger partial charge on any atom is 0.412 e. The molecule has 0 heterocycles. The fourth-order valence-electron chi connectivity index (χ4n) is 2.51. The molecule has 6 heteroatoms. The van der Waals surface area contributed by atoms with Crippen molar-refractivity contribution in [3.05, 3.63) is 59.2 Å². The van der Waals surface area contributed by atoms with E-state index in [1.807, 2.05) is 25.1 Å². The summed E-state index contributed by atoms with van der Waals surface area (Å²) in [5.74, 6) is -0.583. The number of aromatic hydroxyl groups is 1. The largest absolute Gasteiger partial charge is 0.507 e. The number of ether oxygens (including phenoxy) is 1. The van der Waals surface area contributed by atoms with Gasteiger partial charge in [-0.1, -0.05) is 29.8 Å². The van der Waals surface area contributed by atoms with Gasteiger partial charge >= 0.3 is 6.09 Å². The van der Waals surface area contributed by atoms with Gasteiger partial charge < -0.3 is 15.2 Å². The van der Waals surface area contributed by atoms with E-state index in [0.717, 1.165) is 5.56 Å². The van der Waals surface area contributed by atoms with E-state index < -0.39 is 11.7 Å². The molecular weight excluding hydrogens is 344 g/mol. The van der Waals surface area contributed by atoms with Crippen LogP contribution in [-0.2, 0) is 11.2 Å². The van der Waals surface area contributed by atoms with E-state index in [0.29, 0.717) is 18.7 Å². The van der Waals surface area contributed by atoms with Crippen LogP contribution >= 0.6 is 0 Å². The van der Waals surface area contributed by atoms with Crippen molar-refractivity contribution >= 4 is 17.7 Å². The predicted molar refractivity (Wildman–Crippen MR) is 105 cm³/mol. The third-order valence-corrected chi connectivity index (χ3v) is 3.67. The van der Waals surface area contributed by atoms with Crippen LogP contribution in [0.1, 0.15) is 42.3 Å². The van der Waals surface area contributed by atoms with E-state index in [1.165, 1.54) is 17.7 Å². The first-order valence-corrected chi connectivity index (χ1v) is 8.81. The Bertz CT molecular complexity index is 825. The second-order valence-electron chi connectivity index (χ2n) is 7.35. The molecule has 0 aromatic heterocycles. The van der Waals surface area contributed by atoms with Crippen molar-refractivity contribution in [3.63, 3.8) is 0 Å². The van der Waals surface area contributed by atoms with Gasteiger partial charge in [-0.05, 0) is 51.8 Å². The number of hydrogen-bond donors (Lipinski definition) is 3. The molecule has 2 aromatic rings. The van der Waals surface area contributed by atoms with E-state index in [1.54, 1.807) is 26.8 Å². The molecule has 2 amide bonds.